The fourth-order valence-electron chi connectivity index (χ4n) is 3.84. The molecule has 0 aromatic rings. The van der Waals surface area contributed by atoms with Crippen LogP contribution >= 0.6 is 0 Å². The Morgan fingerprint density at radius 2 is 0.920 bits per heavy atom. The van der Waals surface area contributed by atoms with Crippen LogP contribution in [0.5, 0.6) is 0 Å². The molecular formula is C24H48O. The molecule has 0 spiro atoms. The molecule has 3 aliphatic rings. The molecule has 0 saturated heterocycles. The van der Waals surface area contributed by atoms with E-state index in [1.165, 1.54) is 32.1 Å². The first-order valence-electron chi connectivity index (χ1n) is 10.7. The molecule has 0 amide bonds. The van der Waals surface area contributed by atoms with E-state index >= 15 is 0 Å². The van der Waals surface area contributed by atoms with Crippen LogP contribution in [0, 0.1) is 34.0 Å². The zero-order valence-corrected chi connectivity index (χ0v) is 19.1. The second-order valence-corrected chi connectivity index (χ2v) is 12.6. The summed E-state index contributed by atoms with van der Waals surface area (Å²) in [6, 6.07) is 0. The van der Waals surface area contributed by atoms with Crippen molar-refractivity contribution in [2.75, 3.05) is 0 Å². The Morgan fingerprint density at radius 1 is 0.600 bits per heavy atom. The van der Waals surface area contributed by atoms with Crippen molar-refractivity contribution in [2.24, 2.45) is 34.0 Å². The fourth-order valence-corrected chi connectivity index (χ4v) is 3.84. The van der Waals surface area contributed by atoms with Crippen LogP contribution in [0.3, 0.4) is 0 Å². The van der Waals surface area contributed by atoms with Crippen molar-refractivity contribution in [3.05, 3.63) is 0 Å². The number of aliphatic hydroxyl groups is 1. The highest BCUT2D eigenvalue weighted by molar-refractivity contribution is 4.95. The standard InChI is InChI=1S/C9H18O.C8H16.C7H14/c1-8(2,3)7-5-9(4,10)6-7;1-8(2,3)7-5-4-6-7;1-7(2,3)6-4-5-6/h7,10H,5-6H2,1-4H3;7H,4-6H2,1-3H3;6H,4-5H2,1-3H3. The summed E-state index contributed by atoms with van der Waals surface area (Å²) in [7, 11) is 0. The maximum atomic E-state index is 9.45. The average molecular weight is 353 g/mol. The maximum Gasteiger partial charge on any atom is 0.0625 e. The summed E-state index contributed by atoms with van der Waals surface area (Å²) in [5.74, 6) is 2.80. The Labute approximate surface area is 159 Å². The van der Waals surface area contributed by atoms with Crippen molar-refractivity contribution in [2.45, 2.75) is 120 Å². The molecule has 25 heavy (non-hydrogen) atoms. The molecule has 0 unspecified atom stereocenters. The smallest absolute Gasteiger partial charge is 0.0625 e. The highest BCUT2D eigenvalue weighted by Crippen LogP contribution is 2.47. The lowest BCUT2D eigenvalue weighted by atomic mass is 9.61. The topological polar surface area (TPSA) is 20.2 Å². The molecule has 3 saturated carbocycles. The molecule has 0 bridgehead atoms. The third kappa shape index (κ3) is 8.46. The molecule has 1 N–H and O–H groups in total. The Kier molecular flexibility index (Phi) is 7.28. The van der Waals surface area contributed by atoms with E-state index in [0.717, 1.165) is 30.6 Å². The minimum atomic E-state index is -0.349. The molecule has 0 atom stereocenters. The lowest BCUT2D eigenvalue weighted by molar-refractivity contribution is -0.0918. The number of hydrogen-bond acceptors (Lipinski definition) is 1. The first-order valence-corrected chi connectivity index (χ1v) is 10.7. The molecular weight excluding hydrogens is 304 g/mol. The Bertz CT molecular complexity index is 383. The zero-order chi connectivity index (χ0) is 19.7. The van der Waals surface area contributed by atoms with Crippen LogP contribution < -0.4 is 0 Å². The third-order valence-electron chi connectivity index (χ3n) is 6.73. The van der Waals surface area contributed by atoms with E-state index in [-0.39, 0.29) is 5.60 Å². The summed E-state index contributed by atoms with van der Waals surface area (Å²) in [6.45, 7) is 22.7. The van der Waals surface area contributed by atoms with E-state index in [2.05, 4.69) is 62.3 Å². The maximum absolute atomic E-state index is 9.45. The van der Waals surface area contributed by atoms with Gasteiger partial charge in [0, 0.05) is 0 Å². The largest absolute Gasteiger partial charge is 0.390 e. The molecule has 0 aromatic carbocycles. The van der Waals surface area contributed by atoms with Crippen LogP contribution in [0.1, 0.15) is 114 Å². The zero-order valence-electron chi connectivity index (χ0n) is 19.1. The Morgan fingerprint density at radius 3 is 0.960 bits per heavy atom. The van der Waals surface area contributed by atoms with Gasteiger partial charge in [0.1, 0.15) is 0 Å². The van der Waals surface area contributed by atoms with E-state index in [1.54, 1.807) is 0 Å². The quantitative estimate of drug-likeness (QED) is 0.479. The van der Waals surface area contributed by atoms with Gasteiger partial charge in [0.2, 0.25) is 0 Å². The third-order valence-corrected chi connectivity index (χ3v) is 6.73. The van der Waals surface area contributed by atoms with E-state index < -0.39 is 0 Å². The molecule has 3 rings (SSSR count). The van der Waals surface area contributed by atoms with E-state index in [4.69, 9.17) is 0 Å². The van der Waals surface area contributed by atoms with Crippen molar-refractivity contribution in [1.29, 1.82) is 0 Å². The number of hydrogen-bond donors (Lipinski definition) is 1. The summed E-state index contributed by atoms with van der Waals surface area (Å²) in [5, 5.41) is 9.45. The van der Waals surface area contributed by atoms with Crippen molar-refractivity contribution in [1.82, 2.24) is 0 Å². The predicted octanol–water partition coefficient (Wildman–Crippen LogP) is 7.47. The predicted molar refractivity (Wildman–Crippen MR) is 112 cm³/mol. The summed E-state index contributed by atoms with van der Waals surface area (Å²) in [4.78, 5) is 0. The van der Waals surface area contributed by atoms with Crippen molar-refractivity contribution >= 4 is 0 Å². The van der Waals surface area contributed by atoms with Crippen molar-refractivity contribution < 1.29 is 5.11 Å². The minimum Gasteiger partial charge on any atom is -0.390 e. The second kappa shape index (κ2) is 7.91. The normalized spacial score (nSPS) is 30.1. The Hall–Kier alpha value is -0.0400. The molecule has 3 aliphatic carbocycles. The van der Waals surface area contributed by atoms with E-state index in [1.807, 2.05) is 6.92 Å². The van der Waals surface area contributed by atoms with Gasteiger partial charge in [0.15, 0.2) is 0 Å². The lowest BCUT2D eigenvalue weighted by Crippen LogP contribution is -2.46. The van der Waals surface area contributed by atoms with E-state index in [9.17, 15) is 5.11 Å². The number of rotatable bonds is 0. The van der Waals surface area contributed by atoms with Crippen LogP contribution in [0.25, 0.3) is 0 Å². The average Bonchev–Trinajstić information content (AvgIpc) is 3.02. The summed E-state index contributed by atoms with van der Waals surface area (Å²) >= 11 is 0. The molecule has 1 nitrogen and oxygen atoms in total. The molecule has 0 heterocycles. The first-order chi connectivity index (χ1) is 11.0. The van der Waals surface area contributed by atoms with Gasteiger partial charge in [0.25, 0.3) is 0 Å². The minimum absolute atomic E-state index is 0.349. The van der Waals surface area contributed by atoms with Crippen molar-refractivity contribution in [3.8, 4) is 0 Å². The monoisotopic (exact) mass is 352 g/mol. The highest BCUT2D eigenvalue weighted by Gasteiger charge is 2.43. The highest BCUT2D eigenvalue weighted by atomic mass is 16.3. The second-order valence-electron chi connectivity index (χ2n) is 12.6. The van der Waals surface area contributed by atoms with Gasteiger partial charge in [-0.3, -0.25) is 0 Å². The molecule has 3 fully saturated rings. The van der Waals surface area contributed by atoms with Gasteiger partial charge in [-0.1, -0.05) is 68.7 Å². The summed E-state index contributed by atoms with van der Waals surface area (Å²) in [6.07, 6.45) is 9.34. The van der Waals surface area contributed by atoms with Gasteiger partial charge in [-0.2, -0.15) is 0 Å². The van der Waals surface area contributed by atoms with Gasteiger partial charge in [-0.15, -0.1) is 0 Å². The fraction of sp³-hybridized carbons (Fsp3) is 1.00. The van der Waals surface area contributed by atoms with Crippen molar-refractivity contribution in [3.63, 3.8) is 0 Å². The van der Waals surface area contributed by atoms with Gasteiger partial charge in [-0.05, 0) is 79.4 Å². The molecule has 0 aliphatic heterocycles. The van der Waals surface area contributed by atoms with Gasteiger partial charge >= 0.3 is 0 Å². The molecule has 150 valence electrons. The van der Waals surface area contributed by atoms with Gasteiger partial charge in [0.05, 0.1) is 5.60 Å². The SMILES string of the molecule is CC(C)(C)C1CC1.CC(C)(C)C1CCC1.CC1(O)CC(C(C)(C)C)C1. The Balaban J connectivity index is 0.000000191. The lowest BCUT2D eigenvalue weighted by Gasteiger charge is -2.47. The van der Waals surface area contributed by atoms with Crippen LogP contribution in [0.15, 0.2) is 0 Å². The van der Waals surface area contributed by atoms with Gasteiger partial charge < -0.3 is 5.11 Å². The first kappa shape index (κ1) is 23.0. The van der Waals surface area contributed by atoms with E-state index in [0.29, 0.717) is 16.2 Å². The van der Waals surface area contributed by atoms with Gasteiger partial charge in [-0.25, -0.2) is 0 Å². The van der Waals surface area contributed by atoms with Crippen LogP contribution in [-0.4, -0.2) is 10.7 Å². The van der Waals surface area contributed by atoms with Crippen LogP contribution in [0.4, 0.5) is 0 Å². The molecule has 1 heteroatoms. The summed E-state index contributed by atoms with van der Waals surface area (Å²) in [5.41, 5.74) is 1.25. The summed E-state index contributed by atoms with van der Waals surface area (Å²) < 4.78 is 0. The van der Waals surface area contributed by atoms with Crippen LogP contribution in [-0.2, 0) is 0 Å². The van der Waals surface area contributed by atoms with Crippen LogP contribution in [0.2, 0.25) is 0 Å². The molecule has 0 aromatic heterocycles. The molecule has 0 radical (unpaired) electrons.